The average molecular weight is 270 g/mol. The van der Waals surface area contributed by atoms with E-state index in [2.05, 4.69) is 21.8 Å². The van der Waals surface area contributed by atoms with E-state index in [0.29, 0.717) is 16.6 Å². The molecule has 1 aromatic rings. The van der Waals surface area contributed by atoms with E-state index in [0.717, 1.165) is 18.9 Å². The van der Waals surface area contributed by atoms with Gasteiger partial charge >= 0.3 is 0 Å². The van der Waals surface area contributed by atoms with Crippen molar-refractivity contribution < 1.29 is 5.11 Å². The Morgan fingerprint density at radius 3 is 2.94 bits per heavy atom. The fourth-order valence-electron chi connectivity index (χ4n) is 2.45. The molecule has 2 heterocycles. The van der Waals surface area contributed by atoms with Crippen LogP contribution in [0.3, 0.4) is 0 Å². The zero-order valence-electron chi connectivity index (χ0n) is 10.9. The van der Waals surface area contributed by atoms with E-state index in [1.165, 1.54) is 13.0 Å². The van der Waals surface area contributed by atoms with Crippen molar-refractivity contribution >= 4 is 17.4 Å². The molecule has 0 radical (unpaired) electrons. The first-order valence-electron chi connectivity index (χ1n) is 6.26. The summed E-state index contributed by atoms with van der Waals surface area (Å²) in [5.74, 6) is 1.56. The monoisotopic (exact) mass is 269 g/mol. The second-order valence-corrected chi connectivity index (χ2v) is 5.46. The number of aromatic nitrogens is 1. The first-order chi connectivity index (χ1) is 8.60. The topological polar surface area (TPSA) is 39.6 Å². The number of hydrogen-bond acceptors (Lipinski definition) is 4. The fourth-order valence-corrected chi connectivity index (χ4v) is 2.62. The molecule has 1 aliphatic heterocycles. The summed E-state index contributed by atoms with van der Waals surface area (Å²) in [5.41, 5.74) is 0.546. The molecule has 0 aliphatic carbocycles. The molecule has 1 unspecified atom stereocenters. The normalized spacial score (nSPS) is 20.3. The van der Waals surface area contributed by atoms with Crippen LogP contribution >= 0.6 is 11.6 Å². The Labute approximate surface area is 113 Å². The third kappa shape index (κ3) is 3.13. The lowest BCUT2D eigenvalue weighted by molar-refractivity contribution is 0.277. The van der Waals surface area contributed by atoms with Gasteiger partial charge in [-0.3, -0.25) is 0 Å². The standard InChI is InChI=1S/C13H20ClN3O/c1-16-6-5-10(7-16)8-17(2)13-4-3-11(14)12(9-18)15-13/h3-4,10,18H,5-9H2,1-2H3. The number of halogens is 1. The van der Waals surface area contributed by atoms with Crippen molar-refractivity contribution in [2.45, 2.75) is 13.0 Å². The summed E-state index contributed by atoms with van der Waals surface area (Å²) in [4.78, 5) is 8.87. The van der Waals surface area contributed by atoms with Gasteiger partial charge in [-0.1, -0.05) is 11.6 Å². The molecule has 0 bridgehead atoms. The number of rotatable bonds is 4. The average Bonchev–Trinajstić information content (AvgIpc) is 2.75. The van der Waals surface area contributed by atoms with Gasteiger partial charge in [0.25, 0.3) is 0 Å². The van der Waals surface area contributed by atoms with Crippen LogP contribution in [0.25, 0.3) is 0 Å². The van der Waals surface area contributed by atoms with Gasteiger partial charge in [0.15, 0.2) is 0 Å². The molecule has 1 atom stereocenters. The second-order valence-electron chi connectivity index (χ2n) is 5.05. The Balaban J connectivity index is 2.02. The molecule has 0 aromatic carbocycles. The number of anilines is 1. The van der Waals surface area contributed by atoms with Gasteiger partial charge in [0, 0.05) is 20.1 Å². The van der Waals surface area contributed by atoms with Crippen LogP contribution < -0.4 is 4.90 Å². The molecule has 18 heavy (non-hydrogen) atoms. The van der Waals surface area contributed by atoms with Crippen molar-refractivity contribution in [1.82, 2.24) is 9.88 Å². The lowest BCUT2D eigenvalue weighted by Gasteiger charge is -2.22. The van der Waals surface area contributed by atoms with Crippen molar-refractivity contribution in [3.63, 3.8) is 0 Å². The molecule has 0 amide bonds. The molecule has 0 saturated carbocycles. The molecular formula is C13H20ClN3O. The molecular weight excluding hydrogens is 250 g/mol. The summed E-state index contributed by atoms with van der Waals surface area (Å²) in [6, 6.07) is 3.70. The van der Waals surface area contributed by atoms with Gasteiger partial charge in [0.2, 0.25) is 0 Å². The number of likely N-dealkylation sites (tertiary alicyclic amines) is 1. The minimum absolute atomic E-state index is 0.118. The van der Waals surface area contributed by atoms with Crippen LogP contribution in [-0.4, -0.2) is 48.7 Å². The van der Waals surface area contributed by atoms with Crippen LogP contribution in [0.5, 0.6) is 0 Å². The molecule has 1 N–H and O–H groups in total. The van der Waals surface area contributed by atoms with Gasteiger partial charge in [0.1, 0.15) is 5.82 Å². The van der Waals surface area contributed by atoms with Gasteiger partial charge in [-0.2, -0.15) is 0 Å². The summed E-state index contributed by atoms with van der Waals surface area (Å²) in [6.07, 6.45) is 1.24. The fraction of sp³-hybridized carbons (Fsp3) is 0.615. The highest BCUT2D eigenvalue weighted by Crippen LogP contribution is 2.21. The number of aliphatic hydroxyl groups is 1. The van der Waals surface area contributed by atoms with Crippen LogP contribution in [0.2, 0.25) is 5.02 Å². The molecule has 100 valence electrons. The predicted molar refractivity (Wildman–Crippen MR) is 74.0 cm³/mol. The maximum Gasteiger partial charge on any atom is 0.128 e. The molecule has 0 spiro atoms. The van der Waals surface area contributed by atoms with E-state index in [4.69, 9.17) is 11.6 Å². The van der Waals surface area contributed by atoms with Gasteiger partial charge in [0.05, 0.1) is 17.3 Å². The van der Waals surface area contributed by atoms with Crippen LogP contribution in [0.4, 0.5) is 5.82 Å². The summed E-state index contributed by atoms with van der Waals surface area (Å²) in [7, 11) is 4.19. The van der Waals surface area contributed by atoms with Crippen LogP contribution in [-0.2, 0) is 6.61 Å². The lowest BCUT2D eigenvalue weighted by Crippen LogP contribution is -2.28. The highest BCUT2D eigenvalue weighted by Gasteiger charge is 2.21. The van der Waals surface area contributed by atoms with E-state index in [9.17, 15) is 5.11 Å². The Bertz CT molecular complexity index is 413. The molecule has 1 aliphatic rings. The summed E-state index contributed by atoms with van der Waals surface area (Å²) >= 11 is 5.94. The van der Waals surface area contributed by atoms with E-state index in [1.807, 2.05) is 13.1 Å². The van der Waals surface area contributed by atoms with E-state index >= 15 is 0 Å². The molecule has 5 heteroatoms. The molecule has 1 aromatic heterocycles. The molecule has 4 nitrogen and oxygen atoms in total. The number of aliphatic hydroxyl groups excluding tert-OH is 1. The minimum Gasteiger partial charge on any atom is -0.390 e. The van der Waals surface area contributed by atoms with E-state index < -0.39 is 0 Å². The number of nitrogens with zero attached hydrogens (tertiary/aromatic N) is 3. The largest absolute Gasteiger partial charge is 0.390 e. The Morgan fingerprint density at radius 2 is 2.33 bits per heavy atom. The third-order valence-corrected chi connectivity index (χ3v) is 3.81. The first-order valence-corrected chi connectivity index (χ1v) is 6.64. The van der Waals surface area contributed by atoms with Crippen molar-refractivity contribution in [3.8, 4) is 0 Å². The highest BCUT2D eigenvalue weighted by molar-refractivity contribution is 6.31. The lowest BCUT2D eigenvalue weighted by atomic mass is 10.1. The van der Waals surface area contributed by atoms with Crippen molar-refractivity contribution in [2.24, 2.45) is 5.92 Å². The van der Waals surface area contributed by atoms with Crippen molar-refractivity contribution in [1.29, 1.82) is 0 Å². The SMILES string of the molecule is CN1CCC(CN(C)c2ccc(Cl)c(CO)n2)C1. The first kappa shape index (κ1) is 13.6. The smallest absolute Gasteiger partial charge is 0.128 e. The quantitative estimate of drug-likeness (QED) is 0.902. The van der Waals surface area contributed by atoms with E-state index in [1.54, 1.807) is 6.07 Å². The van der Waals surface area contributed by atoms with E-state index in [-0.39, 0.29) is 6.61 Å². The van der Waals surface area contributed by atoms with Crippen molar-refractivity contribution in [2.75, 3.05) is 38.6 Å². The van der Waals surface area contributed by atoms with Gasteiger partial charge in [-0.15, -0.1) is 0 Å². The van der Waals surface area contributed by atoms with Gasteiger partial charge in [-0.25, -0.2) is 4.98 Å². The number of pyridine rings is 1. The van der Waals surface area contributed by atoms with Crippen LogP contribution in [0, 0.1) is 5.92 Å². The minimum atomic E-state index is -0.118. The highest BCUT2D eigenvalue weighted by atomic mass is 35.5. The maximum absolute atomic E-state index is 9.17. The van der Waals surface area contributed by atoms with Gasteiger partial charge < -0.3 is 14.9 Å². The Morgan fingerprint density at radius 1 is 1.56 bits per heavy atom. The maximum atomic E-state index is 9.17. The number of hydrogen-bond donors (Lipinski definition) is 1. The van der Waals surface area contributed by atoms with Crippen LogP contribution in [0.15, 0.2) is 12.1 Å². The third-order valence-electron chi connectivity index (χ3n) is 3.47. The Kier molecular flexibility index (Phi) is 4.43. The Hall–Kier alpha value is -0.840. The molecule has 1 saturated heterocycles. The zero-order chi connectivity index (χ0) is 13.1. The van der Waals surface area contributed by atoms with Crippen molar-refractivity contribution in [3.05, 3.63) is 22.8 Å². The predicted octanol–water partition coefficient (Wildman–Crippen LogP) is 1.62. The summed E-state index contributed by atoms with van der Waals surface area (Å²) in [5, 5.41) is 9.69. The van der Waals surface area contributed by atoms with Gasteiger partial charge in [-0.05, 0) is 38.1 Å². The second kappa shape index (κ2) is 5.87. The summed E-state index contributed by atoms with van der Waals surface area (Å²) < 4.78 is 0. The van der Waals surface area contributed by atoms with Crippen LogP contribution in [0.1, 0.15) is 12.1 Å². The zero-order valence-corrected chi connectivity index (χ0v) is 11.7. The summed E-state index contributed by atoms with van der Waals surface area (Å²) in [6.45, 7) is 3.19. The molecule has 2 rings (SSSR count). The molecule has 1 fully saturated rings.